The maximum absolute atomic E-state index is 13.3. The largest absolute Gasteiger partial charge is 0.341 e. The van der Waals surface area contributed by atoms with Crippen LogP contribution in [0.3, 0.4) is 0 Å². The molecular weight excluding hydrogens is 362 g/mol. The van der Waals surface area contributed by atoms with Crippen molar-refractivity contribution in [1.29, 1.82) is 0 Å². The van der Waals surface area contributed by atoms with Crippen LogP contribution in [0.5, 0.6) is 0 Å². The monoisotopic (exact) mass is 391 g/mol. The molecule has 4 rings (SSSR count). The van der Waals surface area contributed by atoms with Crippen LogP contribution < -0.4 is 5.32 Å². The molecule has 0 spiro atoms. The molecule has 29 heavy (non-hydrogen) atoms. The number of anilines is 1. The average Bonchev–Trinajstić information content (AvgIpc) is 3.28. The number of nitrogens with zero attached hydrogens (tertiary/aromatic N) is 2. The van der Waals surface area contributed by atoms with Gasteiger partial charge < -0.3 is 10.2 Å². The zero-order valence-electron chi connectivity index (χ0n) is 17.1. The predicted octanol–water partition coefficient (Wildman–Crippen LogP) is 3.41. The number of carbonyl (C=O) groups excluding carboxylic acids is 2. The first-order valence-electron chi connectivity index (χ1n) is 10.6. The summed E-state index contributed by atoms with van der Waals surface area (Å²) in [5, 5.41) is 2.99. The highest BCUT2D eigenvalue weighted by atomic mass is 16.2. The number of nitrogens with one attached hydrogen (secondary N) is 1. The smallest absolute Gasteiger partial charge is 0.244 e. The maximum atomic E-state index is 13.3. The highest BCUT2D eigenvalue weighted by Gasteiger charge is 2.37. The van der Waals surface area contributed by atoms with Gasteiger partial charge in [-0.1, -0.05) is 43.3 Å². The number of hydrogen-bond donors (Lipinski definition) is 1. The Morgan fingerprint density at radius 2 is 1.72 bits per heavy atom. The van der Waals surface area contributed by atoms with E-state index >= 15 is 0 Å². The third-order valence-corrected chi connectivity index (χ3v) is 6.03. The lowest BCUT2D eigenvalue weighted by Crippen LogP contribution is -2.47. The zero-order chi connectivity index (χ0) is 20.2. The molecular formula is C24H29N3O2. The molecule has 1 fully saturated rings. The molecule has 1 atom stereocenters. The number of aryl methyl sites for hydroxylation is 1. The fourth-order valence-corrected chi connectivity index (χ4v) is 4.40. The lowest BCUT2D eigenvalue weighted by atomic mass is 9.91. The summed E-state index contributed by atoms with van der Waals surface area (Å²) >= 11 is 0. The number of fused-ring (bicyclic) bond motifs is 1. The molecule has 5 heteroatoms. The third-order valence-electron chi connectivity index (χ3n) is 6.03. The van der Waals surface area contributed by atoms with E-state index in [0.717, 1.165) is 50.0 Å². The number of carbonyl (C=O) groups is 2. The van der Waals surface area contributed by atoms with Gasteiger partial charge in [0.1, 0.15) is 6.04 Å². The molecule has 1 unspecified atom stereocenters. The van der Waals surface area contributed by atoms with Crippen molar-refractivity contribution < 1.29 is 9.59 Å². The summed E-state index contributed by atoms with van der Waals surface area (Å²) in [5.74, 6) is 0.0580. The molecule has 0 aliphatic carbocycles. The van der Waals surface area contributed by atoms with Crippen LogP contribution in [-0.4, -0.2) is 47.8 Å². The van der Waals surface area contributed by atoms with Crippen molar-refractivity contribution in [2.75, 3.05) is 31.5 Å². The van der Waals surface area contributed by atoms with E-state index in [1.54, 1.807) is 0 Å². The molecule has 0 aromatic heterocycles. The Hall–Kier alpha value is -2.66. The zero-order valence-corrected chi connectivity index (χ0v) is 17.1. The number of hydrogen-bond acceptors (Lipinski definition) is 3. The summed E-state index contributed by atoms with van der Waals surface area (Å²) in [5.41, 5.74) is 4.31. The minimum absolute atomic E-state index is 0.0761. The highest BCUT2D eigenvalue weighted by molar-refractivity contribution is 5.93. The normalized spacial score (nSPS) is 19.1. The van der Waals surface area contributed by atoms with Crippen molar-refractivity contribution in [1.82, 2.24) is 9.80 Å². The van der Waals surface area contributed by atoms with Gasteiger partial charge in [0.05, 0.1) is 6.54 Å². The molecule has 0 radical (unpaired) electrons. The molecule has 5 nitrogen and oxygen atoms in total. The summed E-state index contributed by atoms with van der Waals surface area (Å²) in [6.07, 6.45) is 3.96. The molecule has 0 saturated carbocycles. The molecule has 152 valence electrons. The number of benzene rings is 2. The Bertz CT molecular complexity index is 872. The van der Waals surface area contributed by atoms with Gasteiger partial charge >= 0.3 is 0 Å². The van der Waals surface area contributed by atoms with E-state index in [1.165, 1.54) is 11.1 Å². The topological polar surface area (TPSA) is 52.7 Å². The van der Waals surface area contributed by atoms with Crippen molar-refractivity contribution in [2.24, 2.45) is 0 Å². The van der Waals surface area contributed by atoms with Crippen LogP contribution in [0, 0.1) is 0 Å². The standard InChI is InChI=1S/C24H29N3O2/c1-2-18-9-11-20(12-10-18)25-22(28)17-27-16-13-19-7-3-4-8-21(19)23(27)24(29)26-14-5-6-15-26/h3-4,7-12,23H,2,5-6,13-17H2,1H3,(H,25,28). The second-order valence-corrected chi connectivity index (χ2v) is 7.95. The van der Waals surface area contributed by atoms with Gasteiger partial charge in [0, 0.05) is 25.3 Å². The van der Waals surface area contributed by atoms with E-state index in [1.807, 2.05) is 52.3 Å². The number of amides is 2. The minimum Gasteiger partial charge on any atom is -0.341 e. The van der Waals surface area contributed by atoms with Crippen molar-refractivity contribution in [3.8, 4) is 0 Å². The van der Waals surface area contributed by atoms with Crippen LogP contribution in [0.2, 0.25) is 0 Å². The summed E-state index contributed by atoms with van der Waals surface area (Å²) in [4.78, 5) is 30.1. The summed E-state index contributed by atoms with van der Waals surface area (Å²) in [6.45, 7) is 4.68. The van der Waals surface area contributed by atoms with Crippen molar-refractivity contribution in [3.63, 3.8) is 0 Å². The molecule has 1 N–H and O–H groups in total. The number of rotatable bonds is 5. The molecule has 2 aliphatic rings. The minimum atomic E-state index is -0.369. The Morgan fingerprint density at radius 1 is 1.00 bits per heavy atom. The van der Waals surface area contributed by atoms with Crippen LogP contribution in [-0.2, 0) is 22.4 Å². The Balaban J connectivity index is 1.51. The van der Waals surface area contributed by atoms with Gasteiger partial charge in [0.2, 0.25) is 11.8 Å². The van der Waals surface area contributed by atoms with Crippen LogP contribution in [0.15, 0.2) is 48.5 Å². The molecule has 1 saturated heterocycles. The fraction of sp³-hybridized carbons (Fsp3) is 0.417. The van der Waals surface area contributed by atoms with Crippen molar-refractivity contribution in [2.45, 2.75) is 38.6 Å². The second kappa shape index (κ2) is 8.78. The van der Waals surface area contributed by atoms with Crippen molar-refractivity contribution >= 4 is 17.5 Å². The third kappa shape index (κ3) is 4.35. The van der Waals surface area contributed by atoms with E-state index in [9.17, 15) is 9.59 Å². The maximum Gasteiger partial charge on any atom is 0.244 e. The SMILES string of the molecule is CCc1ccc(NC(=O)CN2CCc3ccccc3C2C(=O)N2CCCC2)cc1. The predicted molar refractivity (Wildman–Crippen MR) is 115 cm³/mol. The van der Waals surface area contributed by atoms with Crippen LogP contribution >= 0.6 is 0 Å². The van der Waals surface area contributed by atoms with Crippen LogP contribution in [0.4, 0.5) is 5.69 Å². The summed E-state index contributed by atoms with van der Waals surface area (Å²) < 4.78 is 0. The van der Waals surface area contributed by atoms with Gasteiger partial charge in [-0.25, -0.2) is 0 Å². The van der Waals surface area contributed by atoms with Crippen LogP contribution in [0.25, 0.3) is 0 Å². The van der Waals surface area contributed by atoms with Gasteiger partial charge in [-0.3, -0.25) is 14.5 Å². The molecule has 2 amide bonds. The lowest BCUT2D eigenvalue weighted by molar-refractivity contribution is -0.137. The van der Waals surface area contributed by atoms with E-state index in [0.29, 0.717) is 6.54 Å². The van der Waals surface area contributed by atoms with Gasteiger partial charge in [-0.05, 0) is 54.5 Å². The van der Waals surface area contributed by atoms with Crippen LogP contribution in [0.1, 0.15) is 42.5 Å². The Labute approximate surface area is 172 Å². The van der Waals surface area contributed by atoms with Gasteiger partial charge in [0.25, 0.3) is 0 Å². The Kier molecular flexibility index (Phi) is 5.95. The van der Waals surface area contributed by atoms with E-state index in [4.69, 9.17) is 0 Å². The number of likely N-dealkylation sites (tertiary alicyclic amines) is 1. The molecule has 2 aromatic carbocycles. The van der Waals surface area contributed by atoms with E-state index in [2.05, 4.69) is 18.3 Å². The second-order valence-electron chi connectivity index (χ2n) is 7.95. The molecule has 2 heterocycles. The highest BCUT2D eigenvalue weighted by Crippen LogP contribution is 2.32. The summed E-state index contributed by atoms with van der Waals surface area (Å²) in [6, 6.07) is 15.7. The lowest BCUT2D eigenvalue weighted by Gasteiger charge is -2.37. The molecule has 2 aliphatic heterocycles. The Morgan fingerprint density at radius 3 is 2.45 bits per heavy atom. The first kappa shape index (κ1) is 19.6. The first-order valence-corrected chi connectivity index (χ1v) is 10.6. The molecule has 2 aromatic rings. The quantitative estimate of drug-likeness (QED) is 0.850. The fourth-order valence-electron chi connectivity index (χ4n) is 4.40. The van der Waals surface area contributed by atoms with E-state index < -0.39 is 0 Å². The van der Waals surface area contributed by atoms with Gasteiger partial charge in [-0.15, -0.1) is 0 Å². The van der Waals surface area contributed by atoms with Gasteiger partial charge in [0.15, 0.2) is 0 Å². The average molecular weight is 392 g/mol. The molecule has 0 bridgehead atoms. The van der Waals surface area contributed by atoms with Crippen molar-refractivity contribution in [3.05, 3.63) is 65.2 Å². The first-order chi connectivity index (χ1) is 14.2. The summed E-state index contributed by atoms with van der Waals surface area (Å²) in [7, 11) is 0. The van der Waals surface area contributed by atoms with Gasteiger partial charge in [-0.2, -0.15) is 0 Å². The van der Waals surface area contributed by atoms with E-state index in [-0.39, 0.29) is 24.4 Å².